The minimum Gasteiger partial charge on any atom is -0.355 e. The van der Waals surface area contributed by atoms with Crippen LogP contribution >= 0.6 is 0 Å². The molecule has 128 valence electrons. The first-order valence-corrected chi connectivity index (χ1v) is 9.97. The van der Waals surface area contributed by atoms with Crippen molar-refractivity contribution in [1.29, 1.82) is 0 Å². The van der Waals surface area contributed by atoms with Crippen LogP contribution in [-0.4, -0.2) is 44.3 Å². The molecule has 1 atom stereocenters. The Morgan fingerprint density at radius 2 is 2.04 bits per heavy atom. The fourth-order valence-corrected chi connectivity index (χ4v) is 3.50. The zero-order valence-electron chi connectivity index (χ0n) is 13.7. The lowest BCUT2D eigenvalue weighted by Crippen LogP contribution is -2.41. The number of piperidine rings is 1. The first-order valence-electron chi connectivity index (χ1n) is 8.08. The molecule has 1 saturated heterocycles. The first-order chi connectivity index (χ1) is 11.5. The molecular weight excluding hydrogens is 324 g/mol. The maximum Gasteiger partial charge on any atom is 0.208 e. The Bertz CT molecular complexity index is 780. The van der Waals surface area contributed by atoms with E-state index in [1.54, 1.807) is 12.4 Å². The van der Waals surface area contributed by atoms with Gasteiger partial charge in [-0.05, 0) is 18.8 Å². The number of anilines is 1. The van der Waals surface area contributed by atoms with E-state index < -0.39 is 10.0 Å². The Balaban J connectivity index is 1.72. The minimum absolute atomic E-state index is 0.288. The van der Waals surface area contributed by atoms with Gasteiger partial charge < -0.3 is 4.90 Å². The van der Waals surface area contributed by atoms with Gasteiger partial charge >= 0.3 is 0 Å². The third kappa shape index (κ3) is 4.52. The predicted octanol–water partition coefficient (Wildman–Crippen LogP) is 1.91. The molecule has 1 N–H and O–H groups in total. The topological polar surface area (TPSA) is 75.2 Å². The van der Waals surface area contributed by atoms with Gasteiger partial charge in [0.05, 0.1) is 24.3 Å². The van der Waals surface area contributed by atoms with Crippen LogP contribution in [0.25, 0.3) is 11.3 Å². The van der Waals surface area contributed by atoms with Gasteiger partial charge in [-0.1, -0.05) is 30.3 Å². The minimum atomic E-state index is -3.14. The molecule has 7 heteroatoms. The molecule has 0 saturated carbocycles. The smallest absolute Gasteiger partial charge is 0.208 e. The maximum absolute atomic E-state index is 11.3. The van der Waals surface area contributed by atoms with E-state index in [1.165, 1.54) is 6.26 Å². The van der Waals surface area contributed by atoms with Crippen molar-refractivity contribution in [2.45, 2.75) is 12.8 Å². The quantitative estimate of drug-likeness (QED) is 0.895. The van der Waals surface area contributed by atoms with E-state index in [9.17, 15) is 8.42 Å². The highest BCUT2D eigenvalue weighted by Gasteiger charge is 2.22. The molecular formula is C17H22N4O2S. The molecule has 1 aromatic heterocycles. The van der Waals surface area contributed by atoms with Crippen LogP contribution < -0.4 is 9.62 Å². The molecule has 2 aromatic rings. The lowest BCUT2D eigenvalue weighted by Gasteiger charge is -2.33. The van der Waals surface area contributed by atoms with Crippen LogP contribution in [0.3, 0.4) is 0 Å². The molecule has 0 spiro atoms. The summed E-state index contributed by atoms with van der Waals surface area (Å²) in [4.78, 5) is 11.3. The number of aromatic nitrogens is 2. The van der Waals surface area contributed by atoms with Gasteiger partial charge in [-0.15, -0.1) is 0 Å². The van der Waals surface area contributed by atoms with Crippen LogP contribution in [0.1, 0.15) is 12.8 Å². The van der Waals surface area contributed by atoms with Crippen LogP contribution in [-0.2, 0) is 10.0 Å². The zero-order valence-corrected chi connectivity index (χ0v) is 14.5. The highest BCUT2D eigenvalue weighted by atomic mass is 32.2. The molecule has 24 heavy (non-hydrogen) atoms. The largest absolute Gasteiger partial charge is 0.355 e. The summed E-state index contributed by atoms with van der Waals surface area (Å²) in [5.41, 5.74) is 1.89. The number of hydrogen-bond donors (Lipinski definition) is 1. The van der Waals surface area contributed by atoms with E-state index in [4.69, 9.17) is 4.98 Å². The average Bonchev–Trinajstić information content (AvgIpc) is 2.61. The maximum atomic E-state index is 11.3. The van der Waals surface area contributed by atoms with Gasteiger partial charge in [0.15, 0.2) is 0 Å². The molecule has 0 aliphatic carbocycles. The van der Waals surface area contributed by atoms with Crippen LogP contribution in [0, 0.1) is 5.92 Å². The molecule has 1 aromatic carbocycles. The molecule has 0 bridgehead atoms. The second-order valence-corrected chi connectivity index (χ2v) is 8.04. The molecule has 1 aliphatic rings. The molecule has 1 aliphatic heterocycles. The average molecular weight is 346 g/mol. The van der Waals surface area contributed by atoms with Crippen molar-refractivity contribution in [2.75, 3.05) is 30.8 Å². The molecule has 6 nitrogen and oxygen atoms in total. The van der Waals surface area contributed by atoms with Crippen molar-refractivity contribution in [3.05, 3.63) is 42.7 Å². The first kappa shape index (κ1) is 16.9. The number of nitrogens with zero attached hydrogens (tertiary/aromatic N) is 3. The third-order valence-corrected chi connectivity index (χ3v) is 4.86. The van der Waals surface area contributed by atoms with Crippen molar-refractivity contribution >= 4 is 15.8 Å². The van der Waals surface area contributed by atoms with Gasteiger partial charge in [-0.25, -0.2) is 18.1 Å². The molecule has 0 radical (unpaired) electrons. The number of nitrogens with one attached hydrogen (secondary N) is 1. The van der Waals surface area contributed by atoms with Crippen molar-refractivity contribution in [1.82, 2.24) is 14.7 Å². The normalized spacial score (nSPS) is 18.5. The Morgan fingerprint density at radius 1 is 1.25 bits per heavy atom. The Morgan fingerprint density at radius 3 is 2.79 bits per heavy atom. The summed E-state index contributed by atoms with van der Waals surface area (Å²) in [6, 6.07) is 9.98. The predicted molar refractivity (Wildman–Crippen MR) is 95.3 cm³/mol. The summed E-state index contributed by atoms with van der Waals surface area (Å²) in [6.07, 6.45) is 6.78. The SMILES string of the molecule is CS(=O)(=O)NC[C@H]1CCCN(c2cncc(-c3ccccc3)n2)C1. The molecule has 2 heterocycles. The number of hydrogen-bond acceptors (Lipinski definition) is 5. The lowest BCUT2D eigenvalue weighted by atomic mass is 9.98. The number of benzene rings is 1. The number of rotatable bonds is 5. The van der Waals surface area contributed by atoms with E-state index in [-0.39, 0.29) is 5.92 Å². The summed E-state index contributed by atoms with van der Waals surface area (Å²) in [5, 5.41) is 0. The van der Waals surface area contributed by atoms with E-state index in [0.717, 1.165) is 43.0 Å². The van der Waals surface area contributed by atoms with Gasteiger partial charge in [0.1, 0.15) is 5.82 Å². The second kappa shape index (κ2) is 7.27. The van der Waals surface area contributed by atoms with Gasteiger partial charge in [-0.3, -0.25) is 4.98 Å². The van der Waals surface area contributed by atoms with Gasteiger partial charge in [0, 0.05) is 25.2 Å². The standard InChI is InChI=1S/C17H22N4O2S/c1-24(22,23)19-10-14-6-5-9-21(13-14)17-12-18-11-16(20-17)15-7-3-2-4-8-15/h2-4,7-8,11-12,14,19H,5-6,9-10,13H2,1H3/t14-/m1/s1. The third-order valence-electron chi connectivity index (χ3n) is 4.17. The molecule has 0 unspecified atom stereocenters. The monoisotopic (exact) mass is 346 g/mol. The van der Waals surface area contributed by atoms with Gasteiger partial charge in [0.2, 0.25) is 10.0 Å². The Kier molecular flexibility index (Phi) is 5.11. The highest BCUT2D eigenvalue weighted by Crippen LogP contribution is 2.23. The summed E-state index contributed by atoms with van der Waals surface area (Å²) in [6.45, 7) is 2.18. The fraction of sp³-hybridized carbons (Fsp3) is 0.412. The number of sulfonamides is 1. The van der Waals surface area contributed by atoms with Crippen molar-refractivity contribution in [3.63, 3.8) is 0 Å². The summed E-state index contributed by atoms with van der Waals surface area (Å²) in [5.74, 6) is 1.14. The van der Waals surface area contributed by atoms with E-state index >= 15 is 0 Å². The van der Waals surface area contributed by atoms with Crippen molar-refractivity contribution < 1.29 is 8.42 Å². The van der Waals surface area contributed by atoms with Crippen LogP contribution in [0.2, 0.25) is 0 Å². The van der Waals surface area contributed by atoms with Crippen LogP contribution in [0.4, 0.5) is 5.82 Å². The fourth-order valence-electron chi connectivity index (χ4n) is 2.97. The van der Waals surface area contributed by atoms with E-state index in [1.807, 2.05) is 30.3 Å². The highest BCUT2D eigenvalue weighted by molar-refractivity contribution is 7.88. The summed E-state index contributed by atoms with van der Waals surface area (Å²) < 4.78 is 25.2. The zero-order chi connectivity index (χ0) is 17.0. The van der Waals surface area contributed by atoms with Crippen molar-refractivity contribution in [3.8, 4) is 11.3 Å². The van der Waals surface area contributed by atoms with Gasteiger partial charge in [-0.2, -0.15) is 0 Å². The van der Waals surface area contributed by atoms with Crippen LogP contribution in [0.5, 0.6) is 0 Å². The summed E-state index contributed by atoms with van der Waals surface area (Å²) >= 11 is 0. The molecule has 1 fully saturated rings. The Labute approximate surface area is 143 Å². The van der Waals surface area contributed by atoms with E-state index in [0.29, 0.717) is 6.54 Å². The summed E-state index contributed by atoms with van der Waals surface area (Å²) in [7, 11) is -3.14. The molecule has 3 rings (SSSR count). The Hall–Kier alpha value is -1.99. The van der Waals surface area contributed by atoms with Crippen LogP contribution in [0.15, 0.2) is 42.7 Å². The molecule has 0 amide bonds. The second-order valence-electron chi connectivity index (χ2n) is 6.20. The van der Waals surface area contributed by atoms with E-state index in [2.05, 4.69) is 14.6 Å². The lowest BCUT2D eigenvalue weighted by molar-refractivity contribution is 0.409. The van der Waals surface area contributed by atoms with Crippen molar-refractivity contribution in [2.24, 2.45) is 5.92 Å². The van der Waals surface area contributed by atoms with Gasteiger partial charge in [0.25, 0.3) is 0 Å².